The lowest BCUT2D eigenvalue weighted by molar-refractivity contribution is -0.118. The van der Waals surface area contributed by atoms with Gasteiger partial charge in [-0.25, -0.2) is 0 Å². The summed E-state index contributed by atoms with van der Waals surface area (Å²) >= 11 is 0. The molecule has 0 aliphatic rings. The second-order valence-electron chi connectivity index (χ2n) is 6.89. The van der Waals surface area contributed by atoms with Crippen LogP contribution in [0.5, 0.6) is 0 Å². The van der Waals surface area contributed by atoms with Gasteiger partial charge >= 0.3 is 0 Å². The molecule has 0 unspecified atom stereocenters. The molecule has 28 heavy (non-hydrogen) atoms. The van der Waals surface area contributed by atoms with Gasteiger partial charge in [-0.2, -0.15) is 0 Å². The van der Waals surface area contributed by atoms with Crippen LogP contribution < -0.4 is 10.2 Å². The van der Waals surface area contributed by atoms with E-state index >= 15 is 0 Å². The topological polar surface area (TPSA) is 32.3 Å². The molecule has 0 bridgehead atoms. The van der Waals surface area contributed by atoms with Gasteiger partial charge < -0.3 is 10.2 Å². The fraction of sp³-hybridized carbons (Fsp3) is 0.240. The van der Waals surface area contributed by atoms with E-state index in [4.69, 9.17) is 0 Å². The number of hydrogen-bond acceptors (Lipinski definition) is 2. The number of hydrogen-bond donors (Lipinski definition) is 1. The molecule has 0 spiro atoms. The van der Waals surface area contributed by atoms with Gasteiger partial charge in [-0.1, -0.05) is 78.9 Å². The molecule has 3 heteroatoms. The van der Waals surface area contributed by atoms with Crippen molar-refractivity contribution < 1.29 is 4.79 Å². The lowest BCUT2D eigenvalue weighted by atomic mass is 10.1. The molecule has 0 radical (unpaired) electrons. The van der Waals surface area contributed by atoms with Crippen LogP contribution >= 0.6 is 0 Å². The first-order valence-corrected chi connectivity index (χ1v) is 9.97. The quantitative estimate of drug-likeness (QED) is 0.517. The average molecular weight is 373 g/mol. The molecule has 1 amide bonds. The van der Waals surface area contributed by atoms with Crippen LogP contribution in [-0.4, -0.2) is 19.0 Å². The number of carbonyl (C=O) groups is 1. The van der Waals surface area contributed by atoms with Crippen LogP contribution in [0.1, 0.15) is 24.0 Å². The second-order valence-corrected chi connectivity index (χ2v) is 6.89. The molecule has 0 heterocycles. The molecule has 1 N–H and O–H groups in total. The number of anilines is 1. The van der Waals surface area contributed by atoms with Crippen molar-refractivity contribution in [2.45, 2.75) is 25.8 Å². The number of para-hydroxylation sites is 1. The molecular weight excluding hydrogens is 344 g/mol. The maximum absolute atomic E-state index is 12.9. The zero-order chi connectivity index (χ0) is 19.4. The summed E-state index contributed by atoms with van der Waals surface area (Å²) in [7, 11) is 0. The van der Waals surface area contributed by atoms with E-state index in [1.54, 1.807) is 0 Å². The SMILES string of the molecule is O=C(CCNCCCc1ccccc1)N(Cc1ccccc1)c1ccccc1. The van der Waals surface area contributed by atoms with Crippen molar-refractivity contribution in [3.8, 4) is 0 Å². The van der Waals surface area contributed by atoms with E-state index in [0.717, 1.165) is 30.6 Å². The highest BCUT2D eigenvalue weighted by molar-refractivity contribution is 5.93. The molecule has 3 rings (SSSR count). The molecule has 3 nitrogen and oxygen atoms in total. The predicted octanol–water partition coefficient (Wildman–Crippen LogP) is 4.83. The summed E-state index contributed by atoms with van der Waals surface area (Å²) < 4.78 is 0. The molecule has 144 valence electrons. The van der Waals surface area contributed by atoms with Gasteiger partial charge in [-0.3, -0.25) is 4.79 Å². The summed E-state index contributed by atoms with van der Waals surface area (Å²) in [5.41, 5.74) is 3.44. The summed E-state index contributed by atoms with van der Waals surface area (Å²) in [6.07, 6.45) is 2.63. The minimum atomic E-state index is 0.144. The zero-order valence-electron chi connectivity index (χ0n) is 16.3. The monoisotopic (exact) mass is 372 g/mol. The Balaban J connectivity index is 1.47. The number of nitrogens with one attached hydrogen (secondary N) is 1. The zero-order valence-corrected chi connectivity index (χ0v) is 16.3. The summed E-state index contributed by atoms with van der Waals surface area (Å²) in [6, 6.07) is 30.6. The Hall–Kier alpha value is -2.91. The van der Waals surface area contributed by atoms with Crippen LogP contribution in [0.4, 0.5) is 5.69 Å². The lowest BCUT2D eigenvalue weighted by Gasteiger charge is -2.23. The van der Waals surface area contributed by atoms with Crippen LogP contribution in [0.3, 0.4) is 0 Å². The molecule has 0 aliphatic heterocycles. The Labute approximate surface area is 168 Å². The van der Waals surface area contributed by atoms with E-state index < -0.39 is 0 Å². The highest BCUT2D eigenvalue weighted by atomic mass is 16.2. The molecule has 0 saturated carbocycles. The summed E-state index contributed by atoms with van der Waals surface area (Å²) in [6.45, 7) is 2.22. The van der Waals surface area contributed by atoms with Crippen molar-refractivity contribution in [3.05, 3.63) is 102 Å². The van der Waals surface area contributed by atoms with Crippen LogP contribution in [0.25, 0.3) is 0 Å². The number of amides is 1. The van der Waals surface area contributed by atoms with Gasteiger partial charge in [0.25, 0.3) is 0 Å². The van der Waals surface area contributed by atoms with Crippen molar-refractivity contribution in [3.63, 3.8) is 0 Å². The second kappa shape index (κ2) is 11.1. The molecule has 0 aliphatic carbocycles. The Bertz CT molecular complexity index is 819. The molecule has 3 aromatic rings. The van der Waals surface area contributed by atoms with Gasteiger partial charge in [0.1, 0.15) is 0 Å². The highest BCUT2D eigenvalue weighted by Gasteiger charge is 2.15. The third kappa shape index (κ3) is 6.36. The van der Waals surface area contributed by atoms with Gasteiger partial charge in [0.05, 0.1) is 6.54 Å². The van der Waals surface area contributed by atoms with Gasteiger partial charge in [-0.15, -0.1) is 0 Å². The third-order valence-corrected chi connectivity index (χ3v) is 4.73. The average Bonchev–Trinajstić information content (AvgIpc) is 2.76. The normalized spacial score (nSPS) is 10.6. The first-order valence-electron chi connectivity index (χ1n) is 9.97. The van der Waals surface area contributed by atoms with Crippen molar-refractivity contribution in [2.75, 3.05) is 18.0 Å². The Morgan fingerprint density at radius 3 is 1.93 bits per heavy atom. The van der Waals surface area contributed by atoms with Gasteiger partial charge in [0.15, 0.2) is 0 Å². The lowest BCUT2D eigenvalue weighted by Crippen LogP contribution is -2.33. The maximum Gasteiger partial charge on any atom is 0.228 e. The number of aryl methyl sites for hydroxylation is 1. The van der Waals surface area contributed by atoms with Crippen LogP contribution in [0, 0.1) is 0 Å². The van der Waals surface area contributed by atoms with Crippen molar-refractivity contribution >= 4 is 11.6 Å². The van der Waals surface area contributed by atoms with Crippen molar-refractivity contribution in [2.24, 2.45) is 0 Å². The predicted molar refractivity (Wildman–Crippen MR) is 116 cm³/mol. The molecule has 0 saturated heterocycles. The first kappa shape index (κ1) is 19.8. The molecular formula is C25H28N2O. The fourth-order valence-corrected chi connectivity index (χ4v) is 3.21. The molecule has 0 fully saturated rings. The van der Waals surface area contributed by atoms with Crippen molar-refractivity contribution in [1.82, 2.24) is 5.32 Å². The van der Waals surface area contributed by atoms with E-state index in [9.17, 15) is 4.79 Å². The summed E-state index contributed by atoms with van der Waals surface area (Å²) in [4.78, 5) is 14.8. The molecule has 0 atom stereocenters. The van der Waals surface area contributed by atoms with E-state index in [1.165, 1.54) is 5.56 Å². The number of nitrogens with zero attached hydrogens (tertiary/aromatic N) is 1. The summed E-state index contributed by atoms with van der Waals surface area (Å²) in [5, 5.41) is 3.41. The fourth-order valence-electron chi connectivity index (χ4n) is 3.21. The third-order valence-electron chi connectivity index (χ3n) is 4.73. The smallest absolute Gasteiger partial charge is 0.228 e. The number of carbonyl (C=O) groups excluding carboxylic acids is 1. The van der Waals surface area contributed by atoms with Crippen LogP contribution in [0.2, 0.25) is 0 Å². The maximum atomic E-state index is 12.9. The largest absolute Gasteiger partial charge is 0.316 e. The number of rotatable bonds is 10. The van der Waals surface area contributed by atoms with E-state index in [1.807, 2.05) is 59.5 Å². The van der Waals surface area contributed by atoms with Crippen LogP contribution in [0.15, 0.2) is 91.0 Å². The van der Waals surface area contributed by atoms with Gasteiger partial charge in [-0.05, 0) is 42.6 Å². The Kier molecular flexibility index (Phi) is 7.83. The van der Waals surface area contributed by atoms with E-state index in [-0.39, 0.29) is 5.91 Å². The van der Waals surface area contributed by atoms with E-state index in [0.29, 0.717) is 19.5 Å². The standard InChI is InChI=1S/C25H28N2O/c28-25(18-20-26-19-10-15-22-11-4-1-5-12-22)27(24-16-8-3-9-17-24)21-23-13-6-2-7-14-23/h1-9,11-14,16-17,26H,10,15,18-21H2. The highest BCUT2D eigenvalue weighted by Crippen LogP contribution is 2.18. The Morgan fingerprint density at radius 2 is 1.29 bits per heavy atom. The minimum absolute atomic E-state index is 0.144. The summed E-state index contributed by atoms with van der Waals surface area (Å²) in [5.74, 6) is 0.144. The Morgan fingerprint density at radius 1 is 0.714 bits per heavy atom. The van der Waals surface area contributed by atoms with Crippen LogP contribution in [-0.2, 0) is 17.8 Å². The van der Waals surface area contributed by atoms with E-state index in [2.05, 4.69) is 41.7 Å². The minimum Gasteiger partial charge on any atom is -0.316 e. The van der Waals surface area contributed by atoms with Gasteiger partial charge in [0.2, 0.25) is 5.91 Å². The number of benzene rings is 3. The first-order chi connectivity index (χ1) is 13.8. The van der Waals surface area contributed by atoms with Gasteiger partial charge in [0, 0.05) is 18.7 Å². The van der Waals surface area contributed by atoms with Crippen molar-refractivity contribution in [1.29, 1.82) is 0 Å². The molecule has 3 aromatic carbocycles. The molecule has 0 aromatic heterocycles.